The van der Waals surface area contributed by atoms with Crippen LogP contribution in [0.4, 0.5) is 0 Å². The molecule has 2 nitrogen and oxygen atoms in total. The van der Waals surface area contributed by atoms with E-state index in [1.807, 2.05) is 19.1 Å². The van der Waals surface area contributed by atoms with Gasteiger partial charge >= 0.3 is 0 Å². The molecule has 0 bridgehead atoms. The van der Waals surface area contributed by atoms with Crippen LogP contribution in [0.5, 0.6) is 5.75 Å². The van der Waals surface area contributed by atoms with Crippen molar-refractivity contribution in [1.29, 1.82) is 0 Å². The van der Waals surface area contributed by atoms with Crippen molar-refractivity contribution in [3.8, 4) is 5.75 Å². The lowest BCUT2D eigenvalue weighted by molar-refractivity contribution is 0.0752. The number of rotatable bonds is 14. The minimum absolute atomic E-state index is 0.0760. The predicted molar refractivity (Wildman–Crippen MR) is 148 cm³/mol. The van der Waals surface area contributed by atoms with Gasteiger partial charge in [-0.2, -0.15) is 0 Å². The molecule has 0 saturated carbocycles. The highest BCUT2D eigenvalue weighted by molar-refractivity contribution is 5.57. The fourth-order valence-electron chi connectivity index (χ4n) is 5.18. The van der Waals surface area contributed by atoms with E-state index in [1.54, 1.807) is 0 Å². The predicted octanol–water partition coefficient (Wildman–Crippen LogP) is 9.02. The highest BCUT2D eigenvalue weighted by Gasteiger charge is 2.31. The molecule has 0 radical (unpaired) electrons. The lowest BCUT2D eigenvalue weighted by Crippen LogP contribution is -2.26. The van der Waals surface area contributed by atoms with Crippen molar-refractivity contribution in [1.82, 2.24) is 0 Å². The standard InChI is InChI=1S/C32H48O2/c1-7-11-12-13-14-15-21-31(34,8-2)22-20-27-16-17-28(23-25(27)5)32(9-3,10-4)29-18-19-30(33)26(6)24-29/h16-20,22-24,33-34H,7-15,21H2,1-6H3. The van der Waals surface area contributed by atoms with Gasteiger partial charge in [0.1, 0.15) is 5.75 Å². The first-order valence-corrected chi connectivity index (χ1v) is 13.6. The topological polar surface area (TPSA) is 40.5 Å². The summed E-state index contributed by atoms with van der Waals surface area (Å²) < 4.78 is 0. The average Bonchev–Trinajstić information content (AvgIpc) is 2.84. The summed E-state index contributed by atoms with van der Waals surface area (Å²) >= 11 is 0. The second-order valence-corrected chi connectivity index (χ2v) is 10.2. The van der Waals surface area contributed by atoms with Crippen LogP contribution in [0.15, 0.2) is 42.5 Å². The Morgan fingerprint density at radius 2 is 1.32 bits per heavy atom. The van der Waals surface area contributed by atoms with Crippen molar-refractivity contribution < 1.29 is 10.2 Å². The Morgan fingerprint density at radius 1 is 0.735 bits per heavy atom. The molecular weight excluding hydrogens is 416 g/mol. The van der Waals surface area contributed by atoms with Crippen molar-refractivity contribution in [2.75, 3.05) is 0 Å². The first kappa shape index (κ1) is 28.2. The third-order valence-corrected chi connectivity index (χ3v) is 7.93. The molecule has 0 spiro atoms. The quantitative estimate of drug-likeness (QED) is 0.274. The van der Waals surface area contributed by atoms with Crippen LogP contribution in [0.25, 0.3) is 6.08 Å². The maximum absolute atomic E-state index is 11.1. The molecule has 0 aliphatic heterocycles. The smallest absolute Gasteiger partial charge is 0.118 e. The second kappa shape index (κ2) is 13.1. The molecule has 0 fully saturated rings. The molecule has 34 heavy (non-hydrogen) atoms. The number of unbranched alkanes of at least 4 members (excludes halogenated alkanes) is 5. The maximum Gasteiger partial charge on any atom is 0.118 e. The molecule has 2 heteroatoms. The van der Waals surface area contributed by atoms with E-state index < -0.39 is 5.60 Å². The highest BCUT2D eigenvalue weighted by Crippen LogP contribution is 2.41. The zero-order valence-electron chi connectivity index (χ0n) is 22.6. The summed E-state index contributed by atoms with van der Waals surface area (Å²) in [7, 11) is 0. The van der Waals surface area contributed by atoms with Crippen LogP contribution in [-0.4, -0.2) is 15.8 Å². The van der Waals surface area contributed by atoms with E-state index >= 15 is 0 Å². The summed E-state index contributed by atoms with van der Waals surface area (Å²) in [6.07, 6.45) is 15.2. The monoisotopic (exact) mass is 464 g/mol. The van der Waals surface area contributed by atoms with Crippen LogP contribution in [0.2, 0.25) is 0 Å². The Hall–Kier alpha value is -2.06. The number of benzene rings is 2. The van der Waals surface area contributed by atoms with Gasteiger partial charge in [-0.05, 0) is 73.4 Å². The van der Waals surface area contributed by atoms with E-state index in [0.717, 1.165) is 37.7 Å². The van der Waals surface area contributed by atoms with Gasteiger partial charge in [-0.25, -0.2) is 0 Å². The summed E-state index contributed by atoms with van der Waals surface area (Å²) in [5.41, 5.74) is 5.09. The van der Waals surface area contributed by atoms with Crippen LogP contribution in [0.3, 0.4) is 0 Å². The zero-order valence-corrected chi connectivity index (χ0v) is 22.6. The molecule has 2 aromatic rings. The lowest BCUT2D eigenvalue weighted by atomic mass is 9.70. The third kappa shape index (κ3) is 6.98. The molecule has 0 amide bonds. The van der Waals surface area contributed by atoms with E-state index in [1.165, 1.54) is 54.4 Å². The Balaban J connectivity index is 2.22. The fraction of sp³-hybridized carbons (Fsp3) is 0.562. The van der Waals surface area contributed by atoms with Crippen molar-refractivity contribution >= 4 is 6.08 Å². The second-order valence-electron chi connectivity index (χ2n) is 10.2. The lowest BCUT2D eigenvalue weighted by Gasteiger charge is -2.34. The van der Waals surface area contributed by atoms with E-state index in [0.29, 0.717) is 5.75 Å². The van der Waals surface area contributed by atoms with Crippen LogP contribution < -0.4 is 0 Å². The SMILES string of the molecule is CCCCCCCCC(O)(C=Cc1ccc(C(CC)(CC)c2ccc(O)c(C)c2)cc1C)CC. The molecule has 0 aromatic heterocycles. The van der Waals surface area contributed by atoms with Gasteiger partial charge in [0, 0.05) is 5.41 Å². The third-order valence-electron chi connectivity index (χ3n) is 7.93. The zero-order chi connectivity index (χ0) is 25.2. The molecule has 2 N–H and O–H groups in total. The van der Waals surface area contributed by atoms with Crippen molar-refractivity contribution in [2.24, 2.45) is 0 Å². The Kier molecular flexibility index (Phi) is 10.9. The van der Waals surface area contributed by atoms with Crippen LogP contribution >= 0.6 is 0 Å². The Labute approximate surface area is 209 Å². The normalized spacial score (nSPS) is 14.0. The van der Waals surface area contributed by atoms with E-state index in [2.05, 4.69) is 71.0 Å². The fourth-order valence-corrected chi connectivity index (χ4v) is 5.18. The molecular formula is C32H48O2. The number of hydrogen-bond acceptors (Lipinski definition) is 2. The largest absolute Gasteiger partial charge is 0.508 e. The molecule has 0 aliphatic rings. The summed E-state index contributed by atoms with van der Waals surface area (Å²) in [4.78, 5) is 0. The molecule has 0 aliphatic carbocycles. The van der Waals surface area contributed by atoms with E-state index in [9.17, 15) is 10.2 Å². The van der Waals surface area contributed by atoms with Gasteiger partial charge in [0.2, 0.25) is 0 Å². The minimum Gasteiger partial charge on any atom is -0.508 e. The number of aliphatic hydroxyl groups is 1. The molecule has 188 valence electrons. The minimum atomic E-state index is -0.726. The van der Waals surface area contributed by atoms with Gasteiger partial charge in [-0.15, -0.1) is 0 Å². The van der Waals surface area contributed by atoms with Crippen molar-refractivity contribution in [2.45, 2.75) is 117 Å². The van der Waals surface area contributed by atoms with E-state index in [-0.39, 0.29) is 5.41 Å². The molecule has 2 aromatic carbocycles. The number of phenolic OH excluding ortho intramolecular Hbond substituents is 1. The number of aryl methyl sites for hydroxylation is 2. The molecule has 1 unspecified atom stereocenters. The summed E-state index contributed by atoms with van der Waals surface area (Å²) in [6, 6.07) is 12.8. The number of aromatic hydroxyl groups is 1. The first-order valence-electron chi connectivity index (χ1n) is 13.6. The Morgan fingerprint density at radius 3 is 1.88 bits per heavy atom. The number of hydrogen-bond donors (Lipinski definition) is 2. The molecule has 2 rings (SSSR count). The van der Waals surface area contributed by atoms with Gasteiger partial charge < -0.3 is 10.2 Å². The van der Waals surface area contributed by atoms with Gasteiger partial charge in [-0.3, -0.25) is 0 Å². The van der Waals surface area contributed by atoms with Gasteiger partial charge in [0.05, 0.1) is 5.60 Å². The molecule has 1 atom stereocenters. The summed E-state index contributed by atoms with van der Waals surface area (Å²) in [5.74, 6) is 0.353. The van der Waals surface area contributed by atoms with Gasteiger partial charge in [0.25, 0.3) is 0 Å². The van der Waals surface area contributed by atoms with Gasteiger partial charge in [-0.1, -0.05) is 109 Å². The van der Waals surface area contributed by atoms with Gasteiger partial charge in [0.15, 0.2) is 0 Å². The van der Waals surface area contributed by atoms with Crippen molar-refractivity contribution in [3.05, 3.63) is 70.3 Å². The first-order chi connectivity index (χ1) is 16.2. The average molecular weight is 465 g/mol. The maximum atomic E-state index is 11.1. The van der Waals surface area contributed by atoms with E-state index in [4.69, 9.17) is 0 Å². The Bertz CT molecular complexity index is 923. The van der Waals surface area contributed by atoms with Crippen LogP contribution in [0.1, 0.15) is 120 Å². The highest BCUT2D eigenvalue weighted by atomic mass is 16.3. The molecule has 0 saturated heterocycles. The number of phenols is 1. The summed E-state index contributed by atoms with van der Waals surface area (Å²) in [6.45, 7) is 13.0. The molecule has 0 heterocycles. The van der Waals surface area contributed by atoms with Crippen LogP contribution in [-0.2, 0) is 5.41 Å². The van der Waals surface area contributed by atoms with Crippen LogP contribution in [0, 0.1) is 13.8 Å². The summed E-state index contributed by atoms with van der Waals surface area (Å²) in [5, 5.41) is 21.2. The van der Waals surface area contributed by atoms with Crippen molar-refractivity contribution in [3.63, 3.8) is 0 Å².